The molecular formula is C66H56N6O2. The van der Waals surface area contributed by atoms with Gasteiger partial charge in [0.2, 0.25) is 0 Å². The smallest absolute Gasteiger partial charge is 0.159 e. The second-order valence-electron chi connectivity index (χ2n) is 21.7. The number of aromatic nitrogens is 6. The van der Waals surface area contributed by atoms with Crippen LogP contribution in [-0.4, -0.2) is 39.6 Å². The van der Waals surface area contributed by atoms with E-state index in [-0.39, 0.29) is 28.8 Å². The quantitative estimate of drug-likeness (QED) is 0.114. The summed E-state index contributed by atoms with van der Waals surface area (Å²) in [7, 11) is 0. The molecule has 8 heteroatoms. The predicted molar refractivity (Wildman–Crippen MR) is 304 cm³/mol. The van der Waals surface area contributed by atoms with Crippen LogP contribution in [0, 0.1) is 0 Å². The highest BCUT2D eigenvalue weighted by atomic mass is 16.3. The molecule has 0 spiro atoms. The first kappa shape index (κ1) is 46.3. The number of aliphatic hydroxyl groups excluding tert-OH is 1. The van der Waals surface area contributed by atoms with E-state index in [9.17, 15) is 9.90 Å². The summed E-state index contributed by atoms with van der Waals surface area (Å²) >= 11 is 0. The number of hydrogen-bond acceptors (Lipinski definition) is 6. The minimum atomic E-state index is -0.255. The molecule has 0 aliphatic rings. The van der Waals surface area contributed by atoms with Crippen LogP contribution in [0.2, 0.25) is 0 Å². The number of carbonyl (C=O) groups excluding carboxylic acids is 1. The van der Waals surface area contributed by atoms with Gasteiger partial charge in [-0.25, -0.2) is 19.9 Å². The number of rotatable bonds is 9. The molecule has 0 saturated heterocycles. The van der Waals surface area contributed by atoms with Crippen molar-refractivity contribution in [1.82, 2.24) is 28.7 Å². The second kappa shape index (κ2) is 17.8. The van der Waals surface area contributed by atoms with Gasteiger partial charge in [0.05, 0.1) is 38.9 Å². The lowest BCUT2D eigenvalue weighted by Gasteiger charge is -2.21. The Balaban J connectivity index is 1.04. The van der Waals surface area contributed by atoms with Crippen LogP contribution in [0.4, 0.5) is 0 Å². The van der Waals surface area contributed by atoms with Crippen LogP contribution in [0.1, 0.15) is 72.1 Å². The van der Waals surface area contributed by atoms with Crippen molar-refractivity contribution in [1.29, 1.82) is 0 Å². The van der Waals surface area contributed by atoms with Gasteiger partial charge in [-0.15, -0.1) is 0 Å². The van der Waals surface area contributed by atoms with E-state index in [0.717, 1.165) is 128 Å². The molecule has 0 atom stereocenters. The van der Waals surface area contributed by atoms with Crippen molar-refractivity contribution in [2.75, 3.05) is 0 Å². The number of aliphatic hydroxyl groups is 1. The number of fused-ring (bicyclic) bond motifs is 10. The molecule has 0 aliphatic carbocycles. The Morgan fingerprint density at radius 3 is 1.30 bits per heavy atom. The molecule has 0 unspecified atom stereocenters. The summed E-state index contributed by atoms with van der Waals surface area (Å²) in [6, 6.07) is 62.3. The van der Waals surface area contributed by atoms with Crippen molar-refractivity contribution < 1.29 is 9.90 Å². The van der Waals surface area contributed by atoms with E-state index in [1.54, 1.807) is 0 Å². The summed E-state index contributed by atoms with van der Waals surface area (Å²) in [5, 5.41) is 11.9. The standard InChI is InChI=1S/C66H56N6O2/c1-40(73)34-47(74)31-28-41-18-8-9-19-48(41)44-35-45(51-22-12-10-20-49(51)42-29-32-53-57(38-42)69-63(65(2,3)4)71-59-26-16-14-24-55(59)67-61(53)71)37-46(36-44)52-23-13-11-21-50(52)43-30-33-54-58(39-43)70-64(66(5,6)7)72-60-27-17-15-25-56(60)68-62(54)72/h8-27,29-30,32-39,73H,28,31H2,1-7H3/b40-34-. The summed E-state index contributed by atoms with van der Waals surface area (Å²) in [4.78, 5) is 34.1. The van der Waals surface area contributed by atoms with Gasteiger partial charge in [-0.2, -0.15) is 0 Å². The Labute approximate surface area is 430 Å². The largest absolute Gasteiger partial charge is 0.512 e. The Kier molecular flexibility index (Phi) is 11.1. The first-order chi connectivity index (χ1) is 35.7. The zero-order valence-electron chi connectivity index (χ0n) is 42.8. The van der Waals surface area contributed by atoms with E-state index in [1.165, 1.54) is 13.0 Å². The fourth-order valence-electron chi connectivity index (χ4n) is 10.8. The van der Waals surface area contributed by atoms with Crippen molar-refractivity contribution in [2.45, 2.75) is 72.1 Å². The molecule has 12 rings (SSSR count). The molecule has 0 fully saturated rings. The van der Waals surface area contributed by atoms with E-state index in [4.69, 9.17) is 19.9 Å². The molecule has 0 radical (unpaired) electrons. The molecule has 4 heterocycles. The average Bonchev–Trinajstić information content (AvgIpc) is 4.00. The Hall–Kier alpha value is -8.75. The monoisotopic (exact) mass is 964 g/mol. The summed E-state index contributed by atoms with van der Waals surface area (Å²) < 4.78 is 4.46. The zero-order valence-corrected chi connectivity index (χ0v) is 42.8. The van der Waals surface area contributed by atoms with Crippen LogP contribution < -0.4 is 0 Å². The fraction of sp³-hybridized carbons (Fsp3) is 0.167. The number of hydrogen-bond donors (Lipinski definition) is 1. The van der Waals surface area contributed by atoms with E-state index in [1.807, 2.05) is 18.2 Å². The van der Waals surface area contributed by atoms with Gasteiger partial charge in [0.15, 0.2) is 5.78 Å². The lowest BCUT2D eigenvalue weighted by Crippen LogP contribution is -2.19. The molecule has 74 heavy (non-hydrogen) atoms. The van der Waals surface area contributed by atoms with Gasteiger partial charge in [-0.3, -0.25) is 13.6 Å². The molecular weight excluding hydrogens is 909 g/mol. The summed E-state index contributed by atoms with van der Waals surface area (Å²) in [5.41, 5.74) is 18.7. The van der Waals surface area contributed by atoms with Crippen molar-refractivity contribution >= 4 is 61.0 Å². The van der Waals surface area contributed by atoms with Crippen LogP contribution in [0.25, 0.3) is 111 Å². The molecule has 4 aromatic heterocycles. The third kappa shape index (κ3) is 8.17. The third-order valence-corrected chi connectivity index (χ3v) is 14.2. The van der Waals surface area contributed by atoms with Gasteiger partial charge in [0, 0.05) is 34.1 Å². The predicted octanol–water partition coefficient (Wildman–Crippen LogP) is 16.3. The average molecular weight is 965 g/mol. The van der Waals surface area contributed by atoms with Crippen molar-refractivity contribution in [3.8, 4) is 55.6 Å². The number of imidazole rings is 2. The van der Waals surface area contributed by atoms with E-state index >= 15 is 0 Å². The number of nitrogens with zero attached hydrogens (tertiary/aromatic N) is 6. The van der Waals surface area contributed by atoms with Crippen molar-refractivity contribution in [2.24, 2.45) is 0 Å². The first-order valence-electron chi connectivity index (χ1n) is 25.4. The first-order valence-corrected chi connectivity index (χ1v) is 25.4. The van der Waals surface area contributed by atoms with Gasteiger partial charge in [-0.1, -0.05) is 151 Å². The van der Waals surface area contributed by atoms with E-state index < -0.39 is 0 Å². The molecule has 362 valence electrons. The van der Waals surface area contributed by atoms with Crippen LogP contribution in [-0.2, 0) is 22.0 Å². The van der Waals surface area contributed by atoms with Gasteiger partial charge >= 0.3 is 0 Å². The summed E-state index contributed by atoms with van der Waals surface area (Å²) in [6.45, 7) is 14.8. The van der Waals surface area contributed by atoms with Gasteiger partial charge in [0.25, 0.3) is 0 Å². The van der Waals surface area contributed by atoms with Crippen molar-refractivity contribution in [3.05, 3.63) is 205 Å². The molecule has 8 nitrogen and oxygen atoms in total. The van der Waals surface area contributed by atoms with Gasteiger partial charge < -0.3 is 5.11 Å². The molecule has 0 aliphatic heterocycles. The maximum absolute atomic E-state index is 13.0. The minimum Gasteiger partial charge on any atom is -0.512 e. The number of aryl methyl sites for hydroxylation is 1. The molecule has 12 aromatic rings. The Bertz CT molecular complexity index is 4040. The number of para-hydroxylation sites is 4. The van der Waals surface area contributed by atoms with Gasteiger partial charge in [-0.05, 0) is 141 Å². The molecule has 1 N–H and O–H groups in total. The highest BCUT2D eigenvalue weighted by molar-refractivity contribution is 6.02. The van der Waals surface area contributed by atoms with Gasteiger partial charge in [0.1, 0.15) is 22.9 Å². The van der Waals surface area contributed by atoms with E-state index in [0.29, 0.717) is 6.42 Å². The van der Waals surface area contributed by atoms with Crippen LogP contribution in [0.15, 0.2) is 188 Å². The highest BCUT2D eigenvalue weighted by Crippen LogP contribution is 2.43. The summed E-state index contributed by atoms with van der Waals surface area (Å²) in [5.74, 6) is 1.81. The topological polar surface area (TPSA) is 97.7 Å². The zero-order chi connectivity index (χ0) is 51.0. The minimum absolute atomic E-state index is 0.0124. The summed E-state index contributed by atoms with van der Waals surface area (Å²) in [6.07, 6.45) is 2.11. The Morgan fingerprint density at radius 2 is 0.851 bits per heavy atom. The Morgan fingerprint density at radius 1 is 0.459 bits per heavy atom. The maximum atomic E-state index is 13.0. The lowest BCUT2D eigenvalue weighted by molar-refractivity contribution is -0.114. The maximum Gasteiger partial charge on any atom is 0.159 e. The number of ketones is 1. The SMILES string of the molecule is C/C(O)=C/C(=O)CCc1ccccc1-c1cc(-c2ccccc2-c2ccc3c(c2)nc(C(C)(C)C)n2c4ccccc4nc32)cc(-c2ccccc2-c2ccc3c(c2)nc(C(C)(C)C)n2c4ccccc4nc32)c1. The number of allylic oxidation sites excluding steroid dienone is 2. The van der Waals surface area contributed by atoms with Crippen molar-refractivity contribution in [3.63, 3.8) is 0 Å². The third-order valence-electron chi connectivity index (χ3n) is 14.2. The molecule has 8 aromatic carbocycles. The van der Waals surface area contributed by atoms with Crippen LogP contribution >= 0.6 is 0 Å². The normalized spacial score (nSPS) is 12.6. The van der Waals surface area contributed by atoms with Crippen LogP contribution in [0.5, 0.6) is 0 Å². The molecule has 0 amide bonds. The highest BCUT2D eigenvalue weighted by Gasteiger charge is 2.26. The molecule has 0 bridgehead atoms. The second-order valence-corrected chi connectivity index (χ2v) is 21.7. The fourth-order valence-corrected chi connectivity index (χ4v) is 10.8. The number of carbonyl (C=O) groups is 1. The van der Waals surface area contributed by atoms with E-state index in [2.05, 4.69) is 208 Å². The molecule has 0 saturated carbocycles. The lowest BCUT2D eigenvalue weighted by atomic mass is 9.86. The van der Waals surface area contributed by atoms with Crippen LogP contribution in [0.3, 0.4) is 0 Å². The number of benzene rings is 8.